The van der Waals surface area contributed by atoms with E-state index in [-0.39, 0.29) is 20.6 Å². The minimum Gasteiger partial charge on any atom is -0.348 e. The molecule has 0 unspecified atom stereocenters. The molecule has 4 nitrogen and oxygen atoms in total. The molecule has 0 fully saturated rings. The second-order valence-electron chi connectivity index (χ2n) is 6.95. The van der Waals surface area contributed by atoms with Crippen molar-refractivity contribution >= 4 is 27.3 Å². The highest BCUT2D eigenvalue weighted by molar-refractivity contribution is 8.04. The van der Waals surface area contributed by atoms with Gasteiger partial charge < -0.3 is 5.32 Å². The summed E-state index contributed by atoms with van der Waals surface area (Å²) in [4.78, 5) is -0.305. The molecule has 3 rings (SSSR count). The molecule has 158 valence electrons. The normalized spacial score (nSPS) is 12.1. The number of hydrogen-bond acceptors (Lipinski definition) is 5. The molecule has 0 saturated heterocycles. The summed E-state index contributed by atoms with van der Waals surface area (Å²) >= 11 is 1.19. The van der Waals surface area contributed by atoms with E-state index in [1.165, 1.54) is 36.0 Å². The highest BCUT2D eigenvalue weighted by atomic mass is 32.2. The van der Waals surface area contributed by atoms with E-state index in [1.807, 2.05) is 38.1 Å². The van der Waals surface area contributed by atoms with E-state index in [1.54, 1.807) is 30.3 Å². The van der Waals surface area contributed by atoms with Gasteiger partial charge in [-0.1, -0.05) is 42.5 Å². The fourth-order valence-electron chi connectivity index (χ4n) is 2.84. The highest BCUT2D eigenvalue weighted by Crippen LogP contribution is 2.32. The van der Waals surface area contributed by atoms with Gasteiger partial charge in [0.05, 0.1) is 4.90 Å². The van der Waals surface area contributed by atoms with Gasteiger partial charge in [-0.2, -0.15) is 5.26 Å². The Hall–Kier alpha value is -3.08. The van der Waals surface area contributed by atoms with Crippen molar-refractivity contribution in [2.24, 2.45) is 0 Å². The molecule has 3 aromatic carbocycles. The van der Waals surface area contributed by atoms with Crippen LogP contribution in [-0.4, -0.2) is 8.42 Å². The van der Waals surface area contributed by atoms with Crippen molar-refractivity contribution in [1.82, 2.24) is 0 Å². The van der Waals surface area contributed by atoms with E-state index in [4.69, 9.17) is 0 Å². The molecule has 0 aliphatic carbocycles. The van der Waals surface area contributed by atoms with Crippen LogP contribution in [0.5, 0.6) is 0 Å². The molecule has 0 saturated carbocycles. The second-order valence-corrected chi connectivity index (χ2v) is 9.82. The molecule has 0 aliphatic heterocycles. The van der Waals surface area contributed by atoms with E-state index < -0.39 is 9.84 Å². The molecule has 31 heavy (non-hydrogen) atoms. The zero-order valence-corrected chi connectivity index (χ0v) is 18.7. The van der Waals surface area contributed by atoms with E-state index in [2.05, 4.69) is 5.32 Å². The molecule has 0 spiro atoms. The number of hydrogen-bond donors (Lipinski definition) is 1. The number of sulfone groups is 1. The Labute approximate surface area is 186 Å². The number of anilines is 1. The van der Waals surface area contributed by atoms with Crippen molar-refractivity contribution in [1.29, 1.82) is 5.26 Å². The SMILES string of the molecule is Cc1ccc(C)c(NC(SCc2ccc(F)cc2)=C(C#N)S(=O)(=O)c2ccccc2)c1. The van der Waals surface area contributed by atoms with Gasteiger partial charge in [0.25, 0.3) is 0 Å². The Morgan fingerprint density at radius 1 is 1.03 bits per heavy atom. The first kappa shape index (κ1) is 22.6. The number of allylic oxidation sites excluding steroid dienone is 1. The van der Waals surface area contributed by atoms with Crippen LogP contribution in [0.15, 0.2) is 87.6 Å². The number of nitriles is 1. The second kappa shape index (κ2) is 9.82. The molecule has 7 heteroatoms. The Morgan fingerprint density at radius 3 is 2.35 bits per heavy atom. The first-order chi connectivity index (χ1) is 14.8. The summed E-state index contributed by atoms with van der Waals surface area (Å²) in [6.07, 6.45) is 0. The summed E-state index contributed by atoms with van der Waals surface area (Å²) < 4.78 is 39.7. The predicted molar refractivity (Wildman–Crippen MR) is 124 cm³/mol. The smallest absolute Gasteiger partial charge is 0.219 e. The van der Waals surface area contributed by atoms with Gasteiger partial charge in [0.1, 0.15) is 16.9 Å². The van der Waals surface area contributed by atoms with Gasteiger partial charge in [-0.15, -0.1) is 11.8 Å². The van der Waals surface area contributed by atoms with E-state index >= 15 is 0 Å². The lowest BCUT2D eigenvalue weighted by Crippen LogP contribution is -2.11. The molecule has 3 aromatic rings. The van der Waals surface area contributed by atoms with E-state index in [0.29, 0.717) is 5.75 Å². The lowest BCUT2D eigenvalue weighted by molar-refractivity contribution is 0.603. The zero-order chi connectivity index (χ0) is 22.4. The van der Waals surface area contributed by atoms with Crippen molar-refractivity contribution in [3.63, 3.8) is 0 Å². The third kappa shape index (κ3) is 5.54. The van der Waals surface area contributed by atoms with Gasteiger partial charge in [0, 0.05) is 11.4 Å². The Bertz CT molecular complexity index is 1250. The molecule has 0 radical (unpaired) electrons. The number of rotatable bonds is 7. The van der Waals surface area contributed by atoms with Crippen LogP contribution in [0, 0.1) is 31.0 Å². The highest BCUT2D eigenvalue weighted by Gasteiger charge is 2.25. The maximum atomic E-state index is 13.2. The average Bonchev–Trinajstić information content (AvgIpc) is 2.76. The van der Waals surface area contributed by atoms with Crippen molar-refractivity contribution in [2.45, 2.75) is 24.5 Å². The molecule has 0 atom stereocenters. The Balaban J connectivity index is 2.07. The van der Waals surface area contributed by atoms with Crippen LogP contribution < -0.4 is 5.32 Å². The molecular weight excluding hydrogens is 431 g/mol. The lowest BCUT2D eigenvalue weighted by atomic mass is 10.1. The fourth-order valence-corrected chi connectivity index (χ4v) is 5.37. The maximum absolute atomic E-state index is 13.2. The first-order valence-corrected chi connectivity index (χ1v) is 11.9. The third-order valence-electron chi connectivity index (χ3n) is 4.57. The van der Waals surface area contributed by atoms with Gasteiger partial charge in [-0.3, -0.25) is 0 Å². The molecule has 0 heterocycles. The standard InChI is InChI=1S/C24H21FN2O2S2/c1-17-8-9-18(2)22(14-17)27-24(30-16-19-10-12-20(25)13-11-19)23(15-26)31(28,29)21-6-4-3-5-7-21/h3-14,27H,16H2,1-2H3. The van der Waals surface area contributed by atoms with Crippen LogP contribution in [0.4, 0.5) is 10.1 Å². The summed E-state index contributed by atoms with van der Waals surface area (Å²) in [7, 11) is -4.03. The minimum atomic E-state index is -4.03. The van der Waals surface area contributed by atoms with Crippen molar-refractivity contribution in [2.75, 3.05) is 5.32 Å². The average molecular weight is 453 g/mol. The Kier molecular flexibility index (Phi) is 7.16. The number of thioether (sulfide) groups is 1. The minimum absolute atomic E-state index is 0.0502. The molecule has 0 amide bonds. The zero-order valence-electron chi connectivity index (χ0n) is 17.1. The number of nitrogens with zero attached hydrogens (tertiary/aromatic N) is 1. The van der Waals surface area contributed by atoms with Gasteiger partial charge in [-0.25, -0.2) is 12.8 Å². The summed E-state index contributed by atoms with van der Waals surface area (Å²) in [6.45, 7) is 3.84. The maximum Gasteiger partial charge on any atom is 0.219 e. The topological polar surface area (TPSA) is 70.0 Å². The first-order valence-electron chi connectivity index (χ1n) is 9.47. The summed E-state index contributed by atoms with van der Waals surface area (Å²) in [5.41, 5.74) is 3.44. The van der Waals surface area contributed by atoms with Crippen LogP contribution in [0.3, 0.4) is 0 Å². The number of nitrogens with one attached hydrogen (secondary N) is 1. The number of halogens is 1. The largest absolute Gasteiger partial charge is 0.348 e. The lowest BCUT2D eigenvalue weighted by Gasteiger charge is -2.16. The molecule has 1 N–H and O–H groups in total. The van der Waals surface area contributed by atoms with Crippen molar-refractivity contribution < 1.29 is 12.8 Å². The van der Waals surface area contributed by atoms with Crippen LogP contribution in [-0.2, 0) is 15.6 Å². The van der Waals surface area contributed by atoms with Crippen LogP contribution in [0.1, 0.15) is 16.7 Å². The third-order valence-corrected chi connectivity index (χ3v) is 7.50. The van der Waals surface area contributed by atoms with Crippen LogP contribution >= 0.6 is 11.8 Å². The quantitative estimate of drug-likeness (QED) is 0.448. The summed E-state index contributed by atoms with van der Waals surface area (Å²) in [6, 6.07) is 21.5. The van der Waals surface area contributed by atoms with E-state index in [0.717, 1.165) is 22.4 Å². The molecular formula is C24H21FN2O2S2. The fraction of sp³-hybridized carbons (Fsp3) is 0.125. The molecule has 0 aromatic heterocycles. The van der Waals surface area contributed by atoms with Gasteiger partial charge in [0.2, 0.25) is 9.84 Å². The van der Waals surface area contributed by atoms with Gasteiger partial charge >= 0.3 is 0 Å². The van der Waals surface area contributed by atoms with E-state index in [9.17, 15) is 18.1 Å². The number of benzene rings is 3. The monoisotopic (exact) mass is 452 g/mol. The van der Waals surface area contributed by atoms with Crippen molar-refractivity contribution in [3.05, 3.63) is 105 Å². The van der Waals surface area contributed by atoms with Crippen molar-refractivity contribution in [3.8, 4) is 6.07 Å². The van der Waals surface area contributed by atoms with Crippen LogP contribution in [0.25, 0.3) is 0 Å². The van der Waals surface area contributed by atoms with Gasteiger partial charge in [0.15, 0.2) is 4.91 Å². The van der Waals surface area contributed by atoms with Gasteiger partial charge in [-0.05, 0) is 60.9 Å². The molecule has 0 bridgehead atoms. The van der Waals surface area contributed by atoms with Crippen LogP contribution in [0.2, 0.25) is 0 Å². The number of aryl methyl sites for hydroxylation is 2. The predicted octanol–water partition coefficient (Wildman–Crippen LogP) is 5.95. The molecule has 0 aliphatic rings. The summed E-state index contributed by atoms with van der Waals surface area (Å²) in [5, 5.41) is 13.2. The summed E-state index contributed by atoms with van der Waals surface area (Å²) in [5.74, 6) is 0.0190. The Morgan fingerprint density at radius 2 is 1.71 bits per heavy atom.